The normalized spacial score (nSPS) is 19.3. The summed E-state index contributed by atoms with van der Waals surface area (Å²) < 4.78 is 10.9. The average Bonchev–Trinajstić information content (AvgIpc) is 2.93. The van der Waals surface area contributed by atoms with E-state index < -0.39 is 22.7 Å². The summed E-state index contributed by atoms with van der Waals surface area (Å²) in [5.41, 5.74) is 4.86. The largest absolute Gasteiger partial charge is 0.507 e. The molecule has 8 nitrogen and oxygen atoms in total. The molecule has 0 bridgehead atoms. The number of aryl methyl sites for hydroxylation is 1. The predicted molar refractivity (Wildman–Crippen MR) is 107 cm³/mol. The van der Waals surface area contributed by atoms with E-state index in [4.69, 9.17) is 26.5 Å². The first kappa shape index (κ1) is 18.1. The van der Waals surface area contributed by atoms with E-state index in [2.05, 4.69) is 5.32 Å². The van der Waals surface area contributed by atoms with Crippen molar-refractivity contribution in [3.05, 3.63) is 73.9 Å². The van der Waals surface area contributed by atoms with Crippen molar-refractivity contribution in [1.29, 1.82) is 5.26 Å². The number of nitrogens with one attached hydrogen (secondary N) is 1. The highest BCUT2D eigenvalue weighted by atomic mass is 35.5. The highest BCUT2D eigenvalue weighted by Gasteiger charge is 2.58. The molecule has 0 fully saturated rings. The number of carbonyl (C=O) groups excluding carboxylic acids is 1. The minimum atomic E-state index is -1.78. The van der Waals surface area contributed by atoms with E-state index in [1.165, 1.54) is 18.2 Å². The van der Waals surface area contributed by atoms with Crippen LogP contribution in [0.5, 0.6) is 11.5 Å². The van der Waals surface area contributed by atoms with E-state index in [9.17, 15) is 20.0 Å². The van der Waals surface area contributed by atoms with Crippen molar-refractivity contribution in [2.45, 2.75) is 12.3 Å². The van der Waals surface area contributed by atoms with Gasteiger partial charge in [-0.15, -0.1) is 0 Å². The van der Waals surface area contributed by atoms with Crippen LogP contribution in [-0.2, 0) is 10.2 Å². The van der Waals surface area contributed by atoms with Crippen LogP contribution in [-0.4, -0.2) is 11.0 Å². The number of rotatable bonds is 0. The second-order valence-corrected chi connectivity index (χ2v) is 7.50. The molecule has 9 heteroatoms. The van der Waals surface area contributed by atoms with Gasteiger partial charge in [0, 0.05) is 28.4 Å². The summed E-state index contributed by atoms with van der Waals surface area (Å²) in [5, 5.41) is 24.3. The monoisotopic (exact) mass is 421 g/mol. The number of anilines is 1. The van der Waals surface area contributed by atoms with Crippen LogP contribution in [0.4, 0.5) is 5.69 Å². The average molecular weight is 422 g/mol. The van der Waals surface area contributed by atoms with Crippen LogP contribution in [0.2, 0.25) is 5.02 Å². The van der Waals surface area contributed by atoms with Crippen molar-refractivity contribution in [3.63, 3.8) is 0 Å². The lowest BCUT2D eigenvalue weighted by molar-refractivity contribution is -0.118. The van der Waals surface area contributed by atoms with Gasteiger partial charge in [-0.2, -0.15) is 5.26 Å². The summed E-state index contributed by atoms with van der Waals surface area (Å²) in [6.45, 7) is 1.66. The van der Waals surface area contributed by atoms with Gasteiger partial charge in [-0.25, -0.2) is 4.79 Å². The molecule has 1 aromatic heterocycles. The van der Waals surface area contributed by atoms with Gasteiger partial charge in [0.05, 0.1) is 10.9 Å². The number of amides is 1. The quantitative estimate of drug-likeness (QED) is 0.474. The summed E-state index contributed by atoms with van der Waals surface area (Å²) in [5.74, 6) is -1.25. The molecule has 3 aromatic rings. The third-order valence-electron chi connectivity index (χ3n) is 5.46. The second kappa shape index (κ2) is 5.78. The van der Waals surface area contributed by atoms with Crippen LogP contribution < -0.4 is 21.4 Å². The first-order chi connectivity index (χ1) is 14.3. The summed E-state index contributed by atoms with van der Waals surface area (Å²) >= 11 is 6.19. The predicted octanol–water partition coefficient (Wildman–Crippen LogP) is 2.78. The molecule has 0 radical (unpaired) electrons. The number of benzene rings is 2. The number of halogens is 1. The fourth-order valence-corrected chi connectivity index (χ4v) is 4.48. The van der Waals surface area contributed by atoms with E-state index in [1.54, 1.807) is 19.1 Å². The van der Waals surface area contributed by atoms with Gasteiger partial charge in [0.15, 0.2) is 0 Å². The molecule has 3 heterocycles. The third kappa shape index (κ3) is 2.04. The molecule has 4 N–H and O–H groups in total. The van der Waals surface area contributed by atoms with E-state index in [-0.39, 0.29) is 28.4 Å². The van der Waals surface area contributed by atoms with Crippen LogP contribution in [0.3, 0.4) is 0 Å². The summed E-state index contributed by atoms with van der Waals surface area (Å²) in [6, 6.07) is 9.18. The number of fused-ring (bicyclic) bond motifs is 6. The summed E-state index contributed by atoms with van der Waals surface area (Å²) in [6.07, 6.45) is 0. The maximum absolute atomic E-state index is 13.4. The number of hydrogen-bond donors (Lipinski definition) is 3. The van der Waals surface area contributed by atoms with Crippen LogP contribution >= 0.6 is 11.6 Å². The number of ether oxygens (including phenoxy) is 1. The van der Waals surface area contributed by atoms with Gasteiger partial charge in [0.2, 0.25) is 11.8 Å². The van der Waals surface area contributed by atoms with Crippen molar-refractivity contribution in [1.82, 2.24) is 0 Å². The molecule has 1 atom stereocenters. The molecule has 1 spiro atoms. The lowest BCUT2D eigenvalue weighted by atomic mass is 9.68. The molecular weight excluding hydrogens is 410 g/mol. The lowest BCUT2D eigenvalue weighted by Gasteiger charge is -2.34. The molecule has 0 aliphatic carbocycles. The molecule has 0 saturated heterocycles. The molecular formula is C21H12ClN3O5. The van der Waals surface area contributed by atoms with E-state index in [0.29, 0.717) is 27.2 Å². The van der Waals surface area contributed by atoms with Crippen LogP contribution in [0.1, 0.15) is 16.7 Å². The number of phenols is 1. The Bertz CT molecular complexity index is 1450. The second-order valence-electron chi connectivity index (χ2n) is 7.07. The minimum absolute atomic E-state index is 0.0243. The maximum Gasteiger partial charge on any atom is 0.336 e. The van der Waals surface area contributed by atoms with E-state index >= 15 is 0 Å². The highest BCUT2D eigenvalue weighted by molar-refractivity contribution is 6.31. The van der Waals surface area contributed by atoms with Crippen molar-refractivity contribution >= 4 is 34.2 Å². The number of phenolic OH excluding ortho intramolecular Hbond substituents is 1. The van der Waals surface area contributed by atoms with Crippen LogP contribution in [0.15, 0.2) is 51.0 Å². The molecule has 30 heavy (non-hydrogen) atoms. The SMILES string of the molecule is Cc1cc(=O)oc2cc(O)c3c(c12)OC(N)=C(C#N)C31C(=O)Nc2ccc(Cl)cc21. The van der Waals surface area contributed by atoms with Crippen molar-refractivity contribution in [3.8, 4) is 17.6 Å². The Morgan fingerprint density at radius 2 is 2.03 bits per heavy atom. The van der Waals surface area contributed by atoms with Gasteiger partial charge >= 0.3 is 5.63 Å². The topological polar surface area (TPSA) is 139 Å². The Balaban J connectivity index is 2.03. The molecule has 2 aromatic carbocycles. The van der Waals surface area contributed by atoms with Crippen molar-refractivity contribution in [2.24, 2.45) is 5.73 Å². The molecule has 1 amide bonds. The molecule has 1 unspecified atom stereocenters. The Morgan fingerprint density at radius 1 is 1.27 bits per heavy atom. The molecule has 148 valence electrons. The third-order valence-corrected chi connectivity index (χ3v) is 5.69. The summed E-state index contributed by atoms with van der Waals surface area (Å²) in [4.78, 5) is 25.2. The number of hydrogen-bond acceptors (Lipinski definition) is 7. The van der Waals surface area contributed by atoms with Gasteiger partial charge in [-0.1, -0.05) is 11.6 Å². The fourth-order valence-electron chi connectivity index (χ4n) is 4.31. The molecule has 5 rings (SSSR count). The van der Waals surface area contributed by atoms with Crippen LogP contribution in [0, 0.1) is 18.3 Å². The Morgan fingerprint density at radius 3 is 2.77 bits per heavy atom. The van der Waals surface area contributed by atoms with Gasteiger partial charge < -0.3 is 25.3 Å². The number of aromatic hydroxyl groups is 1. The van der Waals surface area contributed by atoms with Gasteiger partial charge in [-0.3, -0.25) is 4.79 Å². The van der Waals surface area contributed by atoms with Crippen LogP contribution in [0.25, 0.3) is 11.0 Å². The Hall–Kier alpha value is -3.96. The fraction of sp³-hybridized carbons (Fsp3) is 0.0952. The van der Waals surface area contributed by atoms with Crippen molar-refractivity contribution in [2.75, 3.05) is 5.32 Å². The first-order valence-corrected chi connectivity index (χ1v) is 9.17. The van der Waals surface area contributed by atoms with Gasteiger partial charge in [-0.05, 0) is 30.7 Å². The molecule has 2 aliphatic rings. The van der Waals surface area contributed by atoms with E-state index in [0.717, 1.165) is 0 Å². The van der Waals surface area contributed by atoms with E-state index in [1.807, 2.05) is 6.07 Å². The van der Waals surface area contributed by atoms with Gasteiger partial charge in [0.1, 0.15) is 34.1 Å². The molecule has 0 saturated carbocycles. The Labute approximate surface area is 173 Å². The number of nitriles is 1. The highest BCUT2D eigenvalue weighted by Crippen LogP contribution is 2.58. The zero-order valence-corrected chi connectivity index (χ0v) is 16.1. The number of nitrogens with two attached hydrogens (primary N) is 1. The number of carbonyl (C=O) groups is 1. The van der Waals surface area contributed by atoms with Crippen molar-refractivity contribution < 1.29 is 19.1 Å². The summed E-state index contributed by atoms with van der Waals surface area (Å²) in [7, 11) is 0. The lowest BCUT2D eigenvalue weighted by Crippen LogP contribution is -2.42. The maximum atomic E-state index is 13.4. The zero-order chi connectivity index (χ0) is 21.4. The number of nitrogens with zero attached hydrogens (tertiary/aromatic N) is 1. The zero-order valence-electron chi connectivity index (χ0n) is 15.4. The standard InChI is InChI=1S/C21H12ClN3O5/c1-8-4-15(27)29-14-6-13(26)17-18(16(8)14)30-19(24)11(7-23)21(17)10-5-9(22)2-3-12(10)25-20(21)28/h2-6,26H,24H2,1H3,(H,25,28). The van der Waals surface area contributed by atoms with Gasteiger partial charge in [0.25, 0.3) is 0 Å². The minimum Gasteiger partial charge on any atom is -0.507 e. The first-order valence-electron chi connectivity index (χ1n) is 8.79. The molecule has 2 aliphatic heterocycles. The smallest absolute Gasteiger partial charge is 0.336 e. The Kier molecular flexibility index (Phi) is 3.49.